The van der Waals surface area contributed by atoms with Gasteiger partial charge in [-0.1, -0.05) is 30.8 Å². The fourth-order valence-electron chi connectivity index (χ4n) is 1.72. The summed E-state index contributed by atoms with van der Waals surface area (Å²) in [5, 5.41) is 4.42. The van der Waals surface area contributed by atoms with Gasteiger partial charge in [0.25, 0.3) is 0 Å². The Morgan fingerprint density at radius 1 is 1.33 bits per heavy atom. The Morgan fingerprint density at radius 3 is 2.72 bits per heavy atom. The zero-order valence-corrected chi connectivity index (χ0v) is 11.6. The Kier molecular flexibility index (Phi) is 4.84. The molecule has 0 saturated carbocycles. The van der Waals surface area contributed by atoms with Crippen LogP contribution in [0.15, 0.2) is 46.7 Å². The van der Waals surface area contributed by atoms with E-state index < -0.39 is 0 Å². The van der Waals surface area contributed by atoms with Gasteiger partial charge < -0.3 is 10.3 Å². The smallest absolute Gasteiger partial charge is 0.170 e. The summed E-state index contributed by atoms with van der Waals surface area (Å²) < 4.78 is 0. The predicted molar refractivity (Wildman–Crippen MR) is 75.9 cm³/mol. The van der Waals surface area contributed by atoms with Gasteiger partial charge in [0, 0.05) is 23.3 Å². The third kappa shape index (κ3) is 3.62. The number of nitrogens with zero attached hydrogens (tertiary/aromatic N) is 1. The van der Waals surface area contributed by atoms with E-state index >= 15 is 0 Å². The highest BCUT2D eigenvalue weighted by Gasteiger charge is 2.04. The lowest BCUT2D eigenvalue weighted by molar-refractivity contribution is 0.570. The minimum atomic E-state index is 0.410. The van der Waals surface area contributed by atoms with Crippen LogP contribution in [0.1, 0.15) is 31.9 Å². The molecule has 2 N–H and O–H groups in total. The molecular formula is C14H19N3S. The Bertz CT molecular complexity index is 450. The lowest BCUT2D eigenvalue weighted by atomic mass is 10.1. The Labute approximate surface area is 112 Å². The third-order valence-corrected chi connectivity index (χ3v) is 3.69. The number of hydrogen-bond acceptors (Lipinski definition) is 3. The van der Waals surface area contributed by atoms with Gasteiger partial charge in [0.05, 0.1) is 0 Å². The van der Waals surface area contributed by atoms with Gasteiger partial charge in [0.2, 0.25) is 0 Å². The van der Waals surface area contributed by atoms with Crippen molar-refractivity contribution in [3.8, 4) is 0 Å². The molecule has 1 unspecified atom stereocenters. The van der Waals surface area contributed by atoms with Crippen LogP contribution in [-0.2, 0) is 0 Å². The molecule has 4 heteroatoms. The molecular weight excluding hydrogens is 242 g/mol. The second kappa shape index (κ2) is 6.61. The van der Waals surface area contributed by atoms with Gasteiger partial charge in [-0.2, -0.15) is 0 Å². The van der Waals surface area contributed by atoms with Gasteiger partial charge in [0.1, 0.15) is 0 Å². The third-order valence-electron chi connectivity index (χ3n) is 2.77. The van der Waals surface area contributed by atoms with Crippen LogP contribution in [0.4, 0.5) is 0 Å². The van der Waals surface area contributed by atoms with Crippen molar-refractivity contribution in [1.82, 2.24) is 15.3 Å². The van der Waals surface area contributed by atoms with Crippen molar-refractivity contribution in [2.45, 2.75) is 36.4 Å². The van der Waals surface area contributed by atoms with Crippen molar-refractivity contribution >= 4 is 11.8 Å². The van der Waals surface area contributed by atoms with E-state index in [2.05, 4.69) is 53.4 Å². The molecule has 0 aliphatic rings. The highest BCUT2D eigenvalue weighted by atomic mass is 32.2. The van der Waals surface area contributed by atoms with E-state index in [0.29, 0.717) is 6.04 Å². The average molecular weight is 261 g/mol. The molecule has 3 nitrogen and oxygen atoms in total. The molecule has 1 atom stereocenters. The van der Waals surface area contributed by atoms with Crippen LogP contribution in [0.5, 0.6) is 0 Å². The molecule has 18 heavy (non-hydrogen) atoms. The largest absolute Gasteiger partial charge is 0.339 e. The number of aromatic nitrogens is 2. The molecule has 0 fully saturated rings. The van der Waals surface area contributed by atoms with E-state index in [0.717, 1.165) is 18.1 Å². The monoisotopic (exact) mass is 261 g/mol. The molecule has 0 aliphatic carbocycles. The quantitative estimate of drug-likeness (QED) is 0.834. The minimum absolute atomic E-state index is 0.410. The van der Waals surface area contributed by atoms with E-state index in [-0.39, 0.29) is 0 Å². The maximum Gasteiger partial charge on any atom is 0.170 e. The fourth-order valence-corrected chi connectivity index (χ4v) is 2.46. The van der Waals surface area contributed by atoms with E-state index in [1.54, 1.807) is 18.0 Å². The lowest BCUT2D eigenvalue weighted by Gasteiger charge is -2.13. The maximum atomic E-state index is 4.20. The van der Waals surface area contributed by atoms with Gasteiger partial charge in [-0.3, -0.25) is 0 Å². The Morgan fingerprint density at radius 2 is 2.11 bits per heavy atom. The second-order valence-corrected chi connectivity index (χ2v) is 5.30. The summed E-state index contributed by atoms with van der Waals surface area (Å²) in [6.07, 6.45) is 4.78. The predicted octanol–water partition coefficient (Wildman–Crippen LogP) is 3.62. The number of imidazole rings is 1. The van der Waals surface area contributed by atoms with Crippen molar-refractivity contribution in [1.29, 1.82) is 0 Å². The maximum absolute atomic E-state index is 4.20. The number of benzene rings is 1. The molecule has 1 aromatic carbocycles. The molecule has 1 aromatic heterocycles. The molecule has 0 radical (unpaired) electrons. The molecule has 0 amide bonds. The van der Waals surface area contributed by atoms with E-state index in [9.17, 15) is 0 Å². The molecule has 96 valence electrons. The highest BCUT2D eigenvalue weighted by molar-refractivity contribution is 7.99. The molecule has 0 saturated heterocycles. The molecule has 1 heterocycles. The molecule has 2 rings (SSSR count). The molecule has 2 aromatic rings. The standard InChI is InChI=1S/C14H19N3S/c1-3-8-15-11(2)12-4-6-13(7-5-12)18-14-16-9-10-17-14/h4-7,9-11,15H,3,8H2,1-2H3,(H,16,17). The summed E-state index contributed by atoms with van der Waals surface area (Å²) in [4.78, 5) is 8.50. The van der Waals surface area contributed by atoms with Crippen molar-refractivity contribution in [3.63, 3.8) is 0 Å². The molecule has 0 aliphatic heterocycles. The summed E-state index contributed by atoms with van der Waals surface area (Å²) in [5.41, 5.74) is 1.33. The number of H-pyrrole nitrogens is 1. The van der Waals surface area contributed by atoms with Crippen LogP contribution in [0.2, 0.25) is 0 Å². The summed E-state index contributed by atoms with van der Waals surface area (Å²) >= 11 is 1.65. The van der Waals surface area contributed by atoms with Gasteiger partial charge in [-0.15, -0.1) is 0 Å². The number of aromatic amines is 1. The van der Waals surface area contributed by atoms with Gasteiger partial charge in [-0.25, -0.2) is 4.98 Å². The first-order valence-electron chi connectivity index (χ1n) is 6.30. The molecule has 0 spiro atoms. The lowest BCUT2D eigenvalue weighted by Crippen LogP contribution is -2.19. The fraction of sp³-hybridized carbons (Fsp3) is 0.357. The van der Waals surface area contributed by atoms with Gasteiger partial charge in [-0.05, 0) is 37.6 Å². The summed E-state index contributed by atoms with van der Waals surface area (Å²) in [7, 11) is 0. The first kappa shape index (κ1) is 13.2. The first-order chi connectivity index (χ1) is 8.79. The summed E-state index contributed by atoms with van der Waals surface area (Å²) in [6.45, 7) is 5.44. The zero-order chi connectivity index (χ0) is 12.8. The minimum Gasteiger partial charge on any atom is -0.339 e. The van der Waals surface area contributed by atoms with Gasteiger partial charge >= 0.3 is 0 Å². The zero-order valence-electron chi connectivity index (χ0n) is 10.8. The van der Waals surface area contributed by atoms with Crippen LogP contribution in [-0.4, -0.2) is 16.5 Å². The van der Waals surface area contributed by atoms with Gasteiger partial charge in [0.15, 0.2) is 5.16 Å². The number of rotatable bonds is 6. The van der Waals surface area contributed by atoms with Crippen molar-refractivity contribution in [3.05, 3.63) is 42.2 Å². The van der Waals surface area contributed by atoms with Crippen LogP contribution < -0.4 is 5.32 Å². The first-order valence-corrected chi connectivity index (χ1v) is 7.12. The van der Waals surface area contributed by atoms with Crippen molar-refractivity contribution < 1.29 is 0 Å². The van der Waals surface area contributed by atoms with Crippen molar-refractivity contribution in [2.24, 2.45) is 0 Å². The van der Waals surface area contributed by atoms with Crippen LogP contribution in [0.3, 0.4) is 0 Å². The normalized spacial score (nSPS) is 12.6. The van der Waals surface area contributed by atoms with E-state index in [1.165, 1.54) is 10.5 Å². The Hall–Kier alpha value is -1.26. The van der Waals surface area contributed by atoms with Crippen molar-refractivity contribution in [2.75, 3.05) is 6.54 Å². The highest BCUT2D eigenvalue weighted by Crippen LogP contribution is 2.25. The average Bonchev–Trinajstić information content (AvgIpc) is 2.89. The summed E-state index contributed by atoms with van der Waals surface area (Å²) in [5.74, 6) is 0. The SMILES string of the molecule is CCCNC(C)c1ccc(Sc2ncc[nH]2)cc1. The van der Waals surface area contributed by atoms with E-state index in [4.69, 9.17) is 0 Å². The van der Waals surface area contributed by atoms with Crippen LogP contribution >= 0.6 is 11.8 Å². The molecule has 0 bridgehead atoms. The topological polar surface area (TPSA) is 40.7 Å². The van der Waals surface area contributed by atoms with Crippen LogP contribution in [0, 0.1) is 0 Å². The second-order valence-electron chi connectivity index (χ2n) is 4.24. The Balaban J connectivity index is 1.96. The van der Waals surface area contributed by atoms with Crippen LogP contribution in [0.25, 0.3) is 0 Å². The number of nitrogens with one attached hydrogen (secondary N) is 2. The van der Waals surface area contributed by atoms with E-state index in [1.807, 2.05) is 6.20 Å². The summed E-state index contributed by atoms with van der Waals surface area (Å²) in [6, 6.07) is 9.06. The number of hydrogen-bond donors (Lipinski definition) is 2.